The van der Waals surface area contributed by atoms with Gasteiger partial charge in [0.1, 0.15) is 12.1 Å². The minimum absolute atomic E-state index is 0.576. The van der Waals surface area contributed by atoms with E-state index in [1.54, 1.807) is 24.5 Å². The van der Waals surface area contributed by atoms with Crippen molar-refractivity contribution in [2.24, 2.45) is 0 Å². The number of aryl methyl sites for hydroxylation is 1. The van der Waals surface area contributed by atoms with Crippen molar-refractivity contribution in [2.75, 3.05) is 5.32 Å². The van der Waals surface area contributed by atoms with Crippen LogP contribution < -0.4 is 5.32 Å². The summed E-state index contributed by atoms with van der Waals surface area (Å²) in [5.74, 6) is 0.617. The molecule has 2 aromatic rings. The summed E-state index contributed by atoms with van der Waals surface area (Å²) in [4.78, 5) is 12.0. The van der Waals surface area contributed by atoms with Gasteiger partial charge in [0.05, 0.1) is 29.7 Å². The molecule has 0 unspecified atom stereocenters. The van der Waals surface area contributed by atoms with Crippen molar-refractivity contribution in [3.63, 3.8) is 0 Å². The first kappa shape index (κ1) is 10.1. The van der Waals surface area contributed by atoms with Crippen LogP contribution in [0.3, 0.4) is 0 Å². The lowest BCUT2D eigenvalue weighted by Crippen LogP contribution is -1.96. The fraction of sp³-hybridized carbons (Fsp3) is 0.0909. The Morgan fingerprint density at radius 2 is 2.00 bits per heavy atom. The van der Waals surface area contributed by atoms with E-state index in [0.717, 1.165) is 11.4 Å². The number of aromatic nitrogens is 3. The van der Waals surface area contributed by atoms with Gasteiger partial charge in [-0.15, -0.1) is 0 Å². The molecule has 0 fully saturated rings. The van der Waals surface area contributed by atoms with Gasteiger partial charge in [-0.05, 0) is 19.1 Å². The molecule has 2 rings (SSSR count). The molecule has 0 aliphatic rings. The average Bonchev–Trinajstić information content (AvgIpc) is 2.29. The smallest absolute Gasteiger partial charge is 0.132 e. The van der Waals surface area contributed by atoms with E-state index in [4.69, 9.17) is 5.26 Å². The van der Waals surface area contributed by atoms with Gasteiger partial charge in [-0.3, -0.25) is 0 Å². The van der Waals surface area contributed by atoms with Gasteiger partial charge in [0, 0.05) is 5.69 Å². The summed E-state index contributed by atoms with van der Waals surface area (Å²) in [6.45, 7) is 1.84. The Balaban J connectivity index is 2.29. The van der Waals surface area contributed by atoms with Crippen molar-refractivity contribution in [3.05, 3.63) is 42.1 Å². The zero-order chi connectivity index (χ0) is 11.4. The molecule has 0 saturated carbocycles. The molecule has 0 atom stereocenters. The second kappa shape index (κ2) is 4.36. The molecule has 0 saturated heterocycles. The van der Waals surface area contributed by atoms with Crippen molar-refractivity contribution < 1.29 is 0 Å². The zero-order valence-corrected chi connectivity index (χ0v) is 8.68. The molecular weight excluding hydrogens is 202 g/mol. The summed E-state index contributed by atoms with van der Waals surface area (Å²) in [6, 6.07) is 5.49. The molecule has 2 aromatic heterocycles. The van der Waals surface area contributed by atoms with Crippen LogP contribution in [0.2, 0.25) is 0 Å². The van der Waals surface area contributed by atoms with Crippen LogP contribution in [-0.4, -0.2) is 15.0 Å². The molecule has 2 heterocycles. The Hall–Kier alpha value is -2.48. The SMILES string of the molecule is Cc1cc(C#N)cc(Nc2cncnc2)n1. The number of hydrogen-bond acceptors (Lipinski definition) is 5. The predicted octanol–water partition coefficient (Wildman–Crippen LogP) is 1.80. The number of nitrogens with zero attached hydrogens (tertiary/aromatic N) is 4. The summed E-state index contributed by atoms with van der Waals surface area (Å²) in [7, 11) is 0. The van der Waals surface area contributed by atoms with E-state index in [2.05, 4.69) is 26.3 Å². The van der Waals surface area contributed by atoms with E-state index in [-0.39, 0.29) is 0 Å². The molecule has 0 aromatic carbocycles. The second-order valence-electron chi connectivity index (χ2n) is 3.25. The third-order valence-electron chi connectivity index (χ3n) is 1.92. The monoisotopic (exact) mass is 211 g/mol. The summed E-state index contributed by atoms with van der Waals surface area (Å²) in [6.07, 6.45) is 4.74. The summed E-state index contributed by atoms with van der Waals surface area (Å²) in [5, 5.41) is 11.9. The van der Waals surface area contributed by atoms with Crippen molar-refractivity contribution in [1.29, 1.82) is 5.26 Å². The van der Waals surface area contributed by atoms with E-state index < -0.39 is 0 Å². The van der Waals surface area contributed by atoms with Gasteiger partial charge in [0.2, 0.25) is 0 Å². The van der Waals surface area contributed by atoms with Crippen molar-refractivity contribution in [1.82, 2.24) is 15.0 Å². The zero-order valence-electron chi connectivity index (χ0n) is 8.68. The predicted molar refractivity (Wildman–Crippen MR) is 59.0 cm³/mol. The lowest BCUT2D eigenvalue weighted by atomic mass is 10.2. The molecule has 5 nitrogen and oxygen atoms in total. The first-order valence-corrected chi connectivity index (χ1v) is 4.69. The van der Waals surface area contributed by atoms with Gasteiger partial charge in [0.25, 0.3) is 0 Å². The van der Waals surface area contributed by atoms with Crippen molar-refractivity contribution in [2.45, 2.75) is 6.92 Å². The fourth-order valence-electron chi connectivity index (χ4n) is 1.31. The van der Waals surface area contributed by atoms with Crippen LogP contribution in [0, 0.1) is 18.3 Å². The lowest BCUT2D eigenvalue weighted by molar-refractivity contribution is 1.15. The number of hydrogen-bond donors (Lipinski definition) is 1. The van der Waals surface area contributed by atoms with E-state index in [9.17, 15) is 0 Å². The summed E-state index contributed by atoms with van der Waals surface area (Å²) in [5.41, 5.74) is 2.11. The maximum atomic E-state index is 8.82. The minimum atomic E-state index is 0.576. The van der Waals surface area contributed by atoms with Gasteiger partial charge < -0.3 is 5.32 Å². The van der Waals surface area contributed by atoms with Crippen LogP contribution in [0.4, 0.5) is 11.5 Å². The van der Waals surface area contributed by atoms with Gasteiger partial charge in [-0.2, -0.15) is 5.26 Å². The fourth-order valence-corrected chi connectivity index (χ4v) is 1.31. The highest BCUT2D eigenvalue weighted by Crippen LogP contribution is 2.14. The second-order valence-corrected chi connectivity index (χ2v) is 3.25. The molecule has 0 bridgehead atoms. The molecule has 0 aliphatic carbocycles. The standard InChI is InChI=1S/C11H9N5/c1-8-2-9(4-12)3-11(15-8)16-10-5-13-7-14-6-10/h2-3,5-7H,1H3,(H,15,16). The number of anilines is 2. The van der Waals surface area contributed by atoms with Gasteiger partial charge in [-0.25, -0.2) is 15.0 Å². The third kappa shape index (κ3) is 2.30. The summed E-state index contributed by atoms with van der Waals surface area (Å²) < 4.78 is 0. The number of rotatable bonds is 2. The van der Waals surface area contributed by atoms with Crippen LogP contribution in [0.5, 0.6) is 0 Å². The van der Waals surface area contributed by atoms with E-state index in [1.165, 1.54) is 6.33 Å². The third-order valence-corrected chi connectivity index (χ3v) is 1.92. The highest BCUT2D eigenvalue weighted by molar-refractivity contribution is 5.55. The van der Waals surface area contributed by atoms with E-state index >= 15 is 0 Å². The minimum Gasteiger partial charge on any atom is -0.338 e. The Labute approximate surface area is 92.8 Å². The van der Waals surface area contributed by atoms with Crippen molar-refractivity contribution >= 4 is 11.5 Å². The Morgan fingerprint density at radius 1 is 1.25 bits per heavy atom. The molecule has 0 radical (unpaired) electrons. The Bertz CT molecular complexity index is 530. The summed E-state index contributed by atoms with van der Waals surface area (Å²) >= 11 is 0. The van der Waals surface area contributed by atoms with E-state index in [0.29, 0.717) is 11.4 Å². The largest absolute Gasteiger partial charge is 0.338 e. The molecule has 0 spiro atoms. The number of nitriles is 1. The molecule has 0 amide bonds. The molecule has 78 valence electrons. The molecular formula is C11H9N5. The molecule has 16 heavy (non-hydrogen) atoms. The quantitative estimate of drug-likeness (QED) is 0.819. The molecule has 5 heteroatoms. The molecule has 0 aliphatic heterocycles. The first-order chi connectivity index (χ1) is 7.78. The van der Waals surface area contributed by atoms with Crippen molar-refractivity contribution in [3.8, 4) is 6.07 Å². The first-order valence-electron chi connectivity index (χ1n) is 4.69. The van der Waals surface area contributed by atoms with Crippen LogP contribution in [-0.2, 0) is 0 Å². The topological polar surface area (TPSA) is 74.5 Å². The highest BCUT2D eigenvalue weighted by Gasteiger charge is 2.00. The maximum Gasteiger partial charge on any atom is 0.132 e. The number of nitrogens with one attached hydrogen (secondary N) is 1. The van der Waals surface area contributed by atoms with Gasteiger partial charge in [-0.1, -0.05) is 0 Å². The van der Waals surface area contributed by atoms with Gasteiger partial charge >= 0.3 is 0 Å². The Kier molecular flexibility index (Phi) is 2.74. The van der Waals surface area contributed by atoms with Gasteiger partial charge in [0.15, 0.2) is 0 Å². The average molecular weight is 211 g/mol. The van der Waals surface area contributed by atoms with E-state index in [1.807, 2.05) is 6.92 Å². The maximum absolute atomic E-state index is 8.82. The lowest BCUT2D eigenvalue weighted by Gasteiger charge is -2.05. The van der Waals surface area contributed by atoms with Crippen LogP contribution in [0.15, 0.2) is 30.9 Å². The van der Waals surface area contributed by atoms with Crippen LogP contribution >= 0.6 is 0 Å². The van der Waals surface area contributed by atoms with Crippen LogP contribution in [0.25, 0.3) is 0 Å². The highest BCUT2D eigenvalue weighted by atomic mass is 15.0. The van der Waals surface area contributed by atoms with Crippen LogP contribution in [0.1, 0.15) is 11.3 Å². The number of pyridine rings is 1. The normalized spacial score (nSPS) is 9.50. The Morgan fingerprint density at radius 3 is 2.69 bits per heavy atom. The molecule has 1 N–H and O–H groups in total.